The van der Waals surface area contributed by atoms with Gasteiger partial charge in [0, 0.05) is 6.42 Å². The molecule has 354 valence electrons. The summed E-state index contributed by atoms with van der Waals surface area (Å²) in [6.07, 6.45) is 65.2. The van der Waals surface area contributed by atoms with Crippen LogP contribution in [0.4, 0.5) is 0 Å². The van der Waals surface area contributed by atoms with Crippen LogP contribution in [0.1, 0.15) is 328 Å². The molecule has 2 atom stereocenters. The second-order valence-electron chi connectivity index (χ2n) is 19.4. The van der Waals surface area contributed by atoms with Crippen molar-refractivity contribution in [2.24, 2.45) is 0 Å². The van der Waals surface area contributed by atoms with Crippen LogP contribution in [-0.4, -0.2) is 34.9 Å². The van der Waals surface area contributed by atoms with Crippen molar-refractivity contribution >= 4 is 5.91 Å². The smallest absolute Gasteiger partial charge is 0.220 e. The summed E-state index contributed by atoms with van der Waals surface area (Å²) in [4.78, 5) is 12.5. The van der Waals surface area contributed by atoms with Crippen molar-refractivity contribution in [3.8, 4) is 0 Å². The van der Waals surface area contributed by atoms with E-state index in [4.69, 9.17) is 0 Å². The fourth-order valence-corrected chi connectivity index (χ4v) is 9.13. The van der Waals surface area contributed by atoms with Crippen LogP contribution in [0.15, 0.2) is 0 Å². The largest absolute Gasteiger partial charge is 0.394 e. The van der Waals surface area contributed by atoms with Crippen LogP contribution in [0.3, 0.4) is 0 Å². The van der Waals surface area contributed by atoms with Gasteiger partial charge in [-0.25, -0.2) is 0 Å². The maximum absolute atomic E-state index is 12.5. The number of unbranched alkanes of at least 4 members (excludes halogenated alkanes) is 45. The van der Waals surface area contributed by atoms with Crippen LogP contribution in [0.2, 0.25) is 0 Å². The Kier molecular flexibility index (Phi) is 51.2. The summed E-state index contributed by atoms with van der Waals surface area (Å²) in [5.41, 5.74) is 0. The van der Waals surface area contributed by atoms with Crippen LogP contribution in [0.25, 0.3) is 0 Å². The number of hydrogen-bond acceptors (Lipinski definition) is 3. The molecule has 0 aliphatic rings. The third-order valence-electron chi connectivity index (χ3n) is 13.4. The molecular weight excluding hydrogens is 723 g/mol. The highest BCUT2D eigenvalue weighted by Crippen LogP contribution is 2.18. The van der Waals surface area contributed by atoms with Crippen molar-refractivity contribution in [3.63, 3.8) is 0 Å². The van der Waals surface area contributed by atoms with E-state index in [9.17, 15) is 15.0 Å². The minimum atomic E-state index is -0.655. The molecule has 0 saturated heterocycles. The van der Waals surface area contributed by atoms with Gasteiger partial charge < -0.3 is 15.5 Å². The number of carbonyl (C=O) groups excluding carboxylic acids is 1. The van der Waals surface area contributed by atoms with E-state index in [0.717, 1.165) is 25.7 Å². The van der Waals surface area contributed by atoms with E-state index in [1.165, 1.54) is 276 Å². The molecule has 3 N–H and O–H groups in total. The Morgan fingerprint density at radius 1 is 0.339 bits per heavy atom. The summed E-state index contributed by atoms with van der Waals surface area (Å²) >= 11 is 0. The fourth-order valence-electron chi connectivity index (χ4n) is 9.13. The highest BCUT2D eigenvalue weighted by molar-refractivity contribution is 5.76. The molecule has 0 bridgehead atoms. The summed E-state index contributed by atoms with van der Waals surface area (Å²) in [6.45, 7) is 4.41. The summed E-state index contributed by atoms with van der Waals surface area (Å²) in [5.74, 6) is -0.0221. The number of carbonyl (C=O) groups is 1. The lowest BCUT2D eigenvalue weighted by atomic mass is 10.0. The zero-order valence-electron chi connectivity index (χ0n) is 40.8. The normalized spacial score (nSPS) is 12.7. The van der Waals surface area contributed by atoms with Crippen molar-refractivity contribution in [1.29, 1.82) is 0 Å². The minimum absolute atomic E-state index is 0.0221. The molecule has 0 saturated carbocycles. The number of nitrogens with one attached hydrogen (secondary N) is 1. The predicted octanol–water partition coefficient (Wildman–Crippen LogP) is 18.0. The van der Waals surface area contributed by atoms with Crippen LogP contribution in [0.5, 0.6) is 0 Å². The Morgan fingerprint density at radius 2 is 0.542 bits per heavy atom. The average molecular weight is 834 g/mol. The van der Waals surface area contributed by atoms with E-state index < -0.39 is 12.1 Å². The molecule has 0 aromatic rings. The predicted molar refractivity (Wildman–Crippen MR) is 263 cm³/mol. The van der Waals surface area contributed by atoms with Gasteiger partial charge in [-0.15, -0.1) is 0 Å². The molecule has 0 rings (SSSR count). The van der Waals surface area contributed by atoms with Gasteiger partial charge in [-0.1, -0.05) is 309 Å². The lowest BCUT2D eigenvalue weighted by Crippen LogP contribution is -2.45. The second kappa shape index (κ2) is 51.7. The van der Waals surface area contributed by atoms with Crippen molar-refractivity contribution in [2.75, 3.05) is 6.61 Å². The SMILES string of the molecule is CCCCCCCCCCCCCCCCCCCCCCCCCCCC(O)C(CO)NC(=O)CCCCCCCCCCCCCCCCCCCCCCCC. The van der Waals surface area contributed by atoms with Gasteiger partial charge in [0.15, 0.2) is 0 Å². The highest BCUT2D eigenvalue weighted by atomic mass is 16.3. The topological polar surface area (TPSA) is 69.6 Å². The first-order valence-electron chi connectivity index (χ1n) is 27.7. The van der Waals surface area contributed by atoms with E-state index >= 15 is 0 Å². The molecule has 0 heterocycles. The van der Waals surface area contributed by atoms with Crippen molar-refractivity contribution in [2.45, 2.75) is 341 Å². The Morgan fingerprint density at radius 3 is 0.763 bits per heavy atom. The average Bonchev–Trinajstić information content (AvgIpc) is 3.24. The van der Waals surface area contributed by atoms with E-state index in [2.05, 4.69) is 19.2 Å². The van der Waals surface area contributed by atoms with Gasteiger partial charge in [0.1, 0.15) is 0 Å². The van der Waals surface area contributed by atoms with Crippen LogP contribution in [-0.2, 0) is 4.79 Å². The number of aliphatic hydroxyl groups excluding tert-OH is 2. The third-order valence-corrected chi connectivity index (χ3v) is 13.4. The molecule has 4 heteroatoms. The minimum Gasteiger partial charge on any atom is -0.394 e. The summed E-state index contributed by atoms with van der Waals surface area (Å²) < 4.78 is 0. The maximum Gasteiger partial charge on any atom is 0.220 e. The number of aliphatic hydroxyl groups is 2. The van der Waals surface area contributed by atoms with Gasteiger partial charge in [0.2, 0.25) is 5.91 Å². The van der Waals surface area contributed by atoms with Gasteiger partial charge in [-0.3, -0.25) is 4.79 Å². The van der Waals surface area contributed by atoms with Crippen LogP contribution >= 0.6 is 0 Å². The maximum atomic E-state index is 12.5. The molecule has 0 aliphatic heterocycles. The van der Waals surface area contributed by atoms with Crippen LogP contribution in [0, 0.1) is 0 Å². The molecule has 59 heavy (non-hydrogen) atoms. The van der Waals surface area contributed by atoms with E-state index in [0.29, 0.717) is 12.8 Å². The quantitative estimate of drug-likeness (QED) is 0.0535. The van der Waals surface area contributed by atoms with Crippen molar-refractivity contribution in [3.05, 3.63) is 0 Å². The van der Waals surface area contributed by atoms with Crippen molar-refractivity contribution in [1.82, 2.24) is 5.32 Å². The molecule has 0 spiro atoms. The first-order chi connectivity index (χ1) is 29.2. The first-order valence-corrected chi connectivity index (χ1v) is 27.7. The fraction of sp³-hybridized carbons (Fsp3) is 0.982. The Bertz CT molecular complexity index is 773. The molecule has 0 aromatic heterocycles. The van der Waals surface area contributed by atoms with Gasteiger partial charge >= 0.3 is 0 Å². The molecule has 0 radical (unpaired) electrons. The lowest BCUT2D eigenvalue weighted by molar-refractivity contribution is -0.123. The molecule has 0 fully saturated rings. The zero-order valence-corrected chi connectivity index (χ0v) is 40.8. The molecule has 0 aliphatic carbocycles. The monoisotopic (exact) mass is 834 g/mol. The number of rotatable bonds is 52. The summed E-state index contributed by atoms with van der Waals surface area (Å²) in [5, 5.41) is 23.3. The number of hydrogen-bond donors (Lipinski definition) is 3. The van der Waals surface area contributed by atoms with E-state index in [-0.39, 0.29) is 12.5 Å². The third kappa shape index (κ3) is 48.3. The highest BCUT2D eigenvalue weighted by Gasteiger charge is 2.20. The molecule has 4 nitrogen and oxygen atoms in total. The van der Waals surface area contributed by atoms with E-state index in [1.54, 1.807) is 0 Å². The Balaban J connectivity index is 3.40. The van der Waals surface area contributed by atoms with Crippen molar-refractivity contribution < 1.29 is 15.0 Å². The van der Waals surface area contributed by atoms with Crippen LogP contribution < -0.4 is 5.32 Å². The van der Waals surface area contributed by atoms with Gasteiger partial charge in [0.05, 0.1) is 18.8 Å². The zero-order chi connectivity index (χ0) is 42.8. The second-order valence-corrected chi connectivity index (χ2v) is 19.4. The van der Waals surface area contributed by atoms with Gasteiger partial charge in [0.25, 0.3) is 0 Å². The standard InChI is InChI=1S/C55H111NO3/c1-3-5-7-9-11-13-15-17-19-21-23-25-27-28-29-30-32-34-36-38-40-42-44-46-48-50-54(58)53(52-57)56-55(59)51-49-47-45-43-41-39-37-35-33-31-26-24-22-20-18-16-14-12-10-8-6-4-2/h53-54,57-58H,3-52H2,1-2H3,(H,56,59). The summed E-state index contributed by atoms with van der Waals surface area (Å²) in [7, 11) is 0. The Labute approximate surface area is 372 Å². The molecule has 2 unspecified atom stereocenters. The number of amides is 1. The Hall–Kier alpha value is -0.610. The molecular formula is C55H111NO3. The lowest BCUT2D eigenvalue weighted by Gasteiger charge is -2.22. The first kappa shape index (κ1) is 58.4. The molecule has 0 aromatic carbocycles. The van der Waals surface area contributed by atoms with Gasteiger partial charge in [-0.05, 0) is 12.8 Å². The summed E-state index contributed by atoms with van der Waals surface area (Å²) in [6, 6.07) is -0.531. The molecule has 1 amide bonds. The van der Waals surface area contributed by atoms with E-state index in [1.807, 2.05) is 0 Å². The van der Waals surface area contributed by atoms with Gasteiger partial charge in [-0.2, -0.15) is 0 Å².